The minimum Gasteiger partial charge on any atom is -0.483 e. The van der Waals surface area contributed by atoms with Gasteiger partial charge in [0, 0.05) is 16.8 Å². The summed E-state index contributed by atoms with van der Waals surface area (Å²) < 4.78 is 5.66. The highest BCUT2D eigenvalue weighted by atomic mass is 32.1. The summed E-state index contributed by atoms with van der Waals surface area (Å²) in [4.78, 5) is 13.1. The van der Waals surface area contributed by atoms with Crippen LogP contribution in [-0.4, -0.2) is 19.1 Å². The summed E-state index contributed by atoms with van der Waals surface area (Å²) in [5, 5.41) is 7.06. The maximum absolute atomic E-state index is 11.8. The number of fused-ring (bicyclic) bond motifs is 1. The van der Waals surface area contributed by atoms with Gasteiger partial charge in [0.1, 0.15) is 5.75 Å². The molecule has 0 spiro atoms. The van der Waals surface area contributed by atoms with E-state index in [1.165, 1.54) is 4.88 Å². The van der Waals surface area contributed by atoms with Gasteiger partial charge in [-0.15, -0.1) is 11.3 Å². The second-order valence-electron chi connectivity index (χ2n) is 4.95. The molecule has 3 aromatic rings. The van der Waals surface area contributed by atoms with Crippen LogP contribution in [0.15, 0.2) is 60.0 Å². The van der Waals surface area contributed by atoms with Crippen molar-refractivity contribution in [3.63, 3.8) is 0 Å². The predicted octanol–water partition coefficient (Wildman–Crippen LogP) is 3.64. The molecule has 3 rings (SSSR count). The van der Waals surface area contributed by atoms with Gasteiger partial charge in [-0.25, -0.2) is 0 Å². The van der Waals surface area contributed by atoms with Gasteiger partial charge in [0.2, 0.25) is 0 Å². The SMILES string of the molecule is O=C(COc1cccc2ccccc12)NCCc1cccs1. The number of hydrogen-bond donors (Lipinski definition) is 1. The van der Waals surface area contributed by atoms with E-state index in [-0.39, 0.29) is 12.5 Å². The van der Waals surface area contributed by atoms with E-state index in [0.29, 0.717) is 6.54 Å². The number of hydrogen-bond acceptors (Lipinski definition) is 3. The lowest BCUT2D eigenvalue weighted by atomic mass is 10.1. The predicted molar refractivity (Wildman–Crippen MR) is 90.5 cm³/mol. The molecule has 0 saturated heterocycles. The van der Waals surface area contributed by atoms with Crippen LogP contribution in [0.25, 0.3) is 10.8 Å². The third-order valence-electron chi connectivity index (χ3n) is 3.38. The number of amides is 1. The number of ether oxygens (including phenoxy) is 1. The van der Waals surface area contributed by atoms with Crippen LogP contribution in [0.3, 0.4) is 0 Å². The fraction of sp³-hybridized carbons (Fsp3) is 0.167. The standard InChI is InChI=1S/C18H17NO2S/c20-18(19-11-10-15-7-4-12-22-15)13-21-17-9-3-6-14-5-1-2-8-16(14)17/h1-9,12H,10-11,13H2,(H,19,20). The van der Waals surface area contributed by atoms with Crippen molar-refractivity contribution in [2.75, 3.05) is 13.2 Å². The fourth-order valence-electron chi connectivity index (χ4n) is 2.30. The van der Waals surface area contributed by atoms with E-state index in [4.69, 9.17) is 4.74 Å². The van der Waals surface area contributed by atoms with Crippen molar-refractivity contribution < 1.29 is 9.53 Å². The molecule has 0 bridgehead atoms. The molecule has 112 valence electrons. The normalized spacial score (nSPS) is 10.5. The summed E-state index contributed by atoms with van der Waals surface area (Å²) in [5.74, 6) is 0.649. The molecular weight excluding hydrogens is 294 g/mol. The van der Waals surface area contributed by atoms with E-state index in [2.05, 4.69) is 11.4 Å². The van der Waals surface area contributed by atoms with Gasteiger partial charge in [0.15, 0.2) is 6.61 Å². The molecule has 0 aliphatic carbocycles. The van der Waals surface area contributed by atoms with E-state index in [1.807, 2.05) is 53.9 Å². The molecule has 0 unspecified atom stereocenters. The van der Waals surface area contributed by atoms with Crippen LogP contribution in [0.1, 0.15) is 4.88 Å². The average Bonchev–Trinajstić information content (AvgIpc) is 3.06. The van der Waals surface area contributed by atoms with E-state index >= 15 is 0 Å². The lowest BCUT2D eigenvalue weighted by Gasteiger charge is -2.09. The van der Waals surface area contributed by atoms with Crippen LogP contribution in [0.4, 0.5) is 0 Å². The Bertz CT molecular complexity index is 747. The maximum Gasteiger partial charge on any atom is 0.257 e. The molecule has 2 aromatic carbocycles. The third-order valence-corrected chi connectivity index (χ3v) is 4.32. The molecule has 0 atom stereocenters. The molecule has 0 aliphatic heterocycles. The van der Waals surface area contributed by atoms with Crippen molar-refractivity contribution in [2.45, 2.75) is 6.42 Å². The van der Waals surface area contributed by atoms with Gasteiger partial charge in [-0.3, -0.25) is 4.79 Å². The van der Waals surface area contributed by atoms with Crippen molar-refractivity contribution in [1.29, 1.82) is 0 Å². The Labute approximate surface area is 133 Å². The van der Waals surface area contributed by atoms with Crippen LogP contribution in [0.5, 0.6) is 5.75 Å². The highest BCUT2D eigenvalue weighted by Gasteiger charge is 2.05. The Kier molecular flexibility index (Phi) is 4.71. The Hall–Kier alpha value is -2.33. The number of carbonyl (C=O) groups excluding carboxylic acids is 1. The summed E-state index contributed by atoms with van der Waals surface area (Å²) >= 11 is 1.70. The smallest absolute Gasteiger partial charge is 0.257 e. The number of nitrogens with one attached hydrogen (secondary N) is 1. The molecule has 0 saturated carbocycles. The minimum atomic E-state index is -0.0931. The minimum absolute atomic E-state index is 0.0401. The number of thiophene rings is 1. The summed E-state index contributed by atoms with van der Waals surface area (Å²) in [7, 11) is 0. The lowest BCUT2D eigenvalue weighted by molar-refractivity contribution is -0.123. The molecule has 1 aromatic heterocycles. The molecule has 1 amide bonds. The van der Waals surface area contributed by atoms with Gasteiger partial charge in [-0.2, -0.15) is 0 Å². The molecule has 1 heterocycles. The Morgan fingerprint density at radius 2 is 1.91 bits per heavy atom. The first-order chi connectivity index (χ1) is 10.8. The van der Waals surface area contributed by atoms with E-state index in [0.717, 1.165) is 22.9 Å². The van der Waals surface area contributed by atoms with Gasteiger partial charge < -0.3 is 10.1 Å². The topological polar surface area (TPSA) is 38.3 Å². The Balaban J connectivity index is 1.52. The average molecular weight is 311 g/mol. The summed E-state index contributed by atoms with van der Waals surface area (Å²) in [6, 6.07) is 17.9. The zero-order chi connectivity index (χ0) is 15.2. The van der Waals surface area contributed by atoms with Crippen molar-refractivity contribution in [3.8, 4) is 5.75 Å². The largest absolute Gasteiger partial charge is 0.483 e. The number of carbonyl (C=O) groups is 1. The van der Waals surface area contributed by atoms with Crippen LogP contribution in [-0.2, 0) is 11.2 Å². The van der Waals surface area contributed by atoms with E-state index in [1.54, 1.807) is 11.3 Å². The van der Waals surface area contributed by atoms with Gasteiger partial charge in [-0.05, 0) is 29.3 Å². The van der Waals surface area contributed by atoms with Crippen LogP contribution in [0, 0.1) is 0 Å². The fourth-order valence-corrected chi connectivity index (χ4v) is 3.00. The second-order valence-corrected chi connectivity index (χ2v) is 5.98. The quantitative estimate of drug-likeness (QED) is 0.755. The van der Waals surface area contributed by atoms with Crippen molar-refractivity contribution in [3.05, 3.63) is 64.9 Å². The van der Waals surface area contributed by atoms with E-state index in [9.17, 15) is 4.79 Å². The molecular formula is C18H17NO2S. The van der Waals surface area contributed by atoms with Crippen molar-refractivity contribution in [1.82, 2.24) is 5.32 Å². The first-order valence-electron chi connectivity index (χ1n) is 7.22. The maximum atomic E-state index is 11.8. The number of benzene rings is 2. The van der Waals surface area contributed by atoms with Gasteiger partial charge in [0.25, 0.3) is 5.91 Å². The molecule has 0 radical (unpaired) electrons. The first-order valence-corrected chi connectivity index (χ1v) is 8.10. The Morgan fingerprint density at radius 3 is 2.77 bits per heavy atom. The van der Waals surface area contributed by atoms with Gasteiger partial charge in [0.05, 0.1) is 0 Å². The van der Waals surface area contributed by atoms with Crippen LogP contribution >= 0.6 is 11.3 Å². The zero-order valence-electron chi connectivity index (χ0n) is 12.1. The molecule has 0 fully saturated rings. The Morgan fingerprint density at radius 1 is 1.05 bits per heavy atom. The monoisotopic (exact) mass is 311 g/mol. The van der Waals surface area contributed by atoms with Gasteiger partial charge in [-0.1, -0.05) is 42.5 Å². The molecule has 0 aliphatic rings. The second kappa shape index (κ2) is 7.09. The summed E-state index contributed by atoms with van der Waals surface area (Å²) in [6.07, 6.45) is 0.859. The van der Waals surface area contributed by atoms with E-state index < -0.39 is 0 Å². The highest BCUT2D eigenvalue weighted by Crippen LogP contribution is 2.24. The molecule has 4 heteroatoms. The number of rotatable bonds is 6. The zero-order valence-corrected chi connectivity index (χ0v) is 12.9. The van der Waals surface area contributed by atoms with Crippen molar-refractivity contribution >= 4 is 28.0 Å². The van der Waals surface area contributed by atoms with Gasteiger partial charge >= 0.3 is 0 Å². The highest BCUT2D eigenvalue weighted by molar-refractivity contribution is 7.09. The molecule has 22 heavy (non-hydrogen) atoms. The molecule has 1 N–H and O–H groups in total. The summed E-state index contributed by atoms with van der Waals surface area (Å²) in [6.45, 7) is 0.677. The van der Waals surface area contributed by atoms with Crippen LogP contribution in [0.2, 0.25) is 0 Å². The third kappa shape index (κ3) is 3.65. The van der Waals surface area contributed by atoms with Crippen LogP contribution < -0.4 is 10.1 Å². The van der Waals surface area contributed by atoms with Crippen molar-refractivity contribution in [2.24, 2.45) is 0 Å². The summed E-state index contributed by atoms with van der Waals surface area (Å²) in [5.41, 5.74) is 0. The lowest BCUT2D eigenvalue weighted by Crippen LogP contribution is -2.30. The first kappa shape index (κ1) is 14.6. The molecule has 3 nitrogen and oxygen atoms in total.